The molecule has 3 N–H and O–H groups in total. The summed E-state index contributed by atoms with van der Waals surface area (Å²) in [7, 11) is -3.81. The molecule has 35 heavy (non-hydrogen) atoms. The molecule has 1 heterocycles. The predicted octanol–water partition coefficient (Wildman–Crippen LogP) is 3.94. The van der Waals surface area contributed by atoms with Crippen molar-refractivity contribution >= 4 is 26.0 Å². The minimum atomic E-state index is -3.81. The van der Waals surface area contributed by atoms with E-state index in [2.05, 4.69) is 25.6 Å². The number of hydrogen-bond donors (Lipinski definition) is 3. The van der Waals surface area contributed by atoms with Gasteiger partial charge in [0, 0.05) is 35.9 Å². The Bertz CT molecular complexity index is 1380. The third kappa shape index (κ3) is 6.97. The molecule has 0 spiro atoms. The number of benzene rings is 2. The van der Waals surface area contributed by atoms with Crippen molar-refractivity contribution in [1.82, 2.24) is 9.71 Å². The average Bonchev–Trinajstić information content (AvgIpc) is 2.77. The minimum absolute atomic E-state index is 0.0353. The molecule has 1 aromatic heterocycles. The number of hydrogen-bond acceptors (Lipinski definition) is 5. The first-order valence-electron chi connectivity index (χ1n) is 10.6. The first-order valence-corrected chi connectivity index (χ1v) is 12.8. The van der Waals surface area contributed by atoms with E-state index in [0.717, 1.165) is 17.7 Å². The molecule has 0 aliphatic rings. The molecule has 2 aromatic carbocycles. The molecule has 0 amide bonds. The number of H-pyrrole nitrogens is 1. The smallest absolute Gasteiger partial charge is 0.266 e. The quantitative estimate of drug-likeness (QED) is 0.361. The SMILES string of the molecule is Cc1[nH]c(=O)c(Br)c(OCc2ccc(F)cc2F)c1Cc1ccc(S(=O)(=O)NCC(C)(C)O)cc1. The van der Waals surface area contributed by atoms with E-state index in [0.29, 0.717) is 11.3 Å². The van der Waals surface area contributed by atoms with E-state index in [1.54, 1.807) is 19.1 Å². The van der Waals surface area contributed by atoms with E-state index >= 15 is 0 Å². The zero-order valence-corrected chi connectivity index (χ0v) is 21.7. The summed E-state index contributed by atoms with van der Waals surface area (Å²) in [5.41, 5.74) is 0.350. The van der Waals surface area contributed by atoms with E-state index < -0.39 is 32.8 Å². The number of nitrogens with one attached hydrogen (secondary N) is 2. The summed E-state index contributed by atoms with van der Waals surface area (Å²) in [6.07, 6.45) is 0.278. The molecule has 0 atom stereocenters. The summed E-state index contributed by atoms with van der Waals surface area (Å²) in [5, 5.41) is 9.77. The molecule has 0 saturated carbocycles. The zero-order valence-electron chi connectivity index (χ0n) is 19.3. The Balaban J connectivity index is 1.86. The number of rotatable bonds is 9. The highest BCUT2D eigenvalue weighted by molar-refractivity contribution is 9.10. The predicted molar refractivity (Wildman–Crippen MR) is 131 cm³/mol. The fourth-order valence-electron chi connectivity index (χ4n) is 3.20. The fraction of sp³-hybridized carbons (Fsp3) is 0.292. The maximum atomic E-state index is 14.0. The van der Waals surface area contributed by atoms with Gasteiger partial charge in [-0.1, -0.05) is 12.1 Å². The van der Waals surface area contributed by atoms with Gasteiger partial charge < -0.3 is 14.8 Å². The zero-order chi connectivity index (χ0) is 26.0. The Morgan fingerprint density at radius 3 is 2.40 bits per heavy atom. The van der Waals surface area contributed by atoms with Gasteiger partial charge in [-0.15, -0.1) is 0 Å². The number of halogens is 3. The molecule has 0 aliphatic carbocycles. The molecule has 0 radical (unpaired) electrons. The number of aromatic amines is 1. The maximum absolute atomic E-state index is 14.0. The van der Waals surface area contributed by atoms with E-state index in [4.69, 9.17) is 4.74 Å². The van der Waals surface area contributed by atoms with Crippen LogP contribution in [0, 0.1) is 18.6 Å². The normalized spacial score (nSPS) is 12.1. The van der Waals surface area contributed by atoms with Crippen molar-refractivity contribution in [3.63, 3.8) is 0 Å². The second-order valence-electron chi connectivity index (χ2n) is 8.68. The number of aryl methyl sites for hydroxylation is 1. The molecule has 3 rings (SSSR count). The van der Waals surface area contributed by atoms with Crippen LogP contribution in [0.2, 0.25) is 0 Å². The lowest BCUT2D eigenvalue weighted by Gasteiger charge is -2.18. The number of ether oxygens (including phenoxy) is 1. The Kier molecular flexibility index (Phi) is 8.15. The average molecular weight is 571 g/mol. The van der Waals surface area contributed by atoms with E-state index in [9.17, 15) is 27.1 Å². The van der Waals surface area contributed by atoms with Gasteiger partial charge in [-0.05, 0) is 66.5 Å². The molecule has 0 bridgehead atoms. The molecule has 3 aromatic rings. The van der Waals surface area contributed by atoms with Gasteiger partial charge in [0.15, 0.2) is 0 Å². The minimum Gasteiger partial charge on any atom is -0.487 e. The van der Waals surface area contributed by atoms with Gasteiger partial charge in [-0.3, -0.25) is 4.79 Å². The van der Waals surface area contributed by atoms with Crippen LogP contribution in [0.1, 0.15) is 36.2 Å². The van der Waals surface area contributed by atoms with Gasteiger partial charge in [0.25, 0.3) is 5.56 Å². The third-order valence-electron chi connectivity index (χ3n) is 5.12. The monoisotopic (exact) mass is 570 g/mol. The van der Waals surface area contributed by atoms with E-state index in [1.807, 2.05) is 0 Å². The summed E-state index contributed by atoms with van der Waals surface area (Å²) in [6.45, 7) is 4.30. The van der Waals surface area contributed by atoms with Crippen molar-refractivity contribution in [3.05, 3.63) is 91.3 Å². The molecule has 0 saturated heterocycles. The van der Waals surface area contributed by atoms with Crippen LogP contribution in [-0.4, -0.2) is 30.7 Å². The van der Waals surface area contributed by atoms with Crippen LogP contribution in [0.25, 0.3) is 0 Å². The maximum Gasteiger partial charge on any atom is 0.266 e. The van der Waals surface area contributed by atoms with Crippen molar-refractivity contribution in [2.24, 2.45) is 0 Å². The van der Waals surface area contributed by atoms with Crippen LogP contribution in [0.15, 0.2) is 56.6 Å². The number of aliphatic hydroxyl groups is 1. The summed E-state index contributed by atoms with van der Waals surface area (Å²) < 4.78 is 60.4. The Labute approximate surface area is 210 Å². The van der Waals surface area contributed by atoms with Gasteiger partial charge >= 0.3 is 0 Å². The number of aromatic nitrogens is 1. The van der Waals surface area contributed by atoms with Crippen LogP contribution in [0.4, 0.5) is 8.78 Å². The van der Waals surface area contributed by atoms with Gasteiger partial charge in [-0.2, -0.15) is 0 Å². The van der Waals surface area contributed by atoms with Crippen molar-refractivity contribution < 1.29 is 27.0 Å². The summed E-state index contributed by atoms with van der Waals surface area (Å²) in [5.74, 6) is -1.27. The fourth-order valence-corrected chi connectivity index (χ4v) is 4.86. The number of pyridine rings is 1. The van der Waals surface area contributed by atoms with Gasteiger partial charge in [0.2, 0.25) is 10.0 Å². The van der Waals surface area contributed by atoms with Gasteiger partial charge in [0.05, 0.1) is 10.5 Å². The molecule has 0 unspecified atom stereocenters. The highest BCUT2D eigenvalue weighted by atomic mass is 79.9. The molecular weight excluding hydrogens is 546 g/mol. The van der Waals surface area contributed by atoms with E-state index in [1.165, 1.54) is 32.0 Å². The van der Waals surface area contributed by atoms with E-state index in [-0.39, 0.29) is 40.3 Å². The van der Waals surface area contributed by atoms with Crippen LogP contribution < -0.4 is 15.0 Å². The standard InChI is InChI=1S/C24H25BrF2N2O5S/c1-14-19(10-15-4-8-18(9-5-15)35(32,33)28-13-24(2,3)31)22(21(25)23(30)29-14)34-12-16-6-7-17(26)11-20(16)27/h4-9,11,28,31H,10,12-13H2,1-3H3,(H,29,30). The van der Waals surface area contributed by atoms with Crippen LogP contribution in [0.3, 0.4) is 0 Å². The third-order valence-corrected chi connectivity index (χ3v) is 7.26. The second kappa shape index (κ2) is 10.6. The molecular formula is C24H25BrF2N2O5S. The first kappa shape index (κ1) is 27.0. The lowest BCUT2D eigenvalue weighted by molar-refractivity contribution is 0.0857. The van der Waals surface area contributed by atoms with Crippen LogP contribution in [0.5, 0.6) is 5.75 Å². The highest BCUT2D eigenvalue weighted by Gasteiger charge is 2.21. The summed E-state index contributed by atoms with van der Waals surface area (Å²) >= 11 is 3.22. The molecule has 188 valence electrons. The lowest BCUT2D eigenvalue weighted by Crippen LogP contribution is -2.38. The van der Waals surface area contributed by atoms with Crippen molar-refractivity contribution in [2.45, 2.75) is 44.3 Å². The van der Waals surface area contributed by atoms with Crippen LogP contribution in [-0.2, 0) is 23.1 Å². The topological polar surface area (TPSA) is 108 Å². The molecule has 0 fully saturated rings. The molecule has 7 nitrogen and oxygen atoms in total. The van der Waals surface area contributed by atoms with Crippen molar-refractivity contribution in [1.29, 1.82) is 0 Å². The second-order valence-corrected chi connectivity index (χ2v) is 11.2. The summed E-state index contributed by atoms with van der Waals surface area (Å²) in [4.78, 5) is 15.0. The van der Waals surface area contributed by atoms with Gasteiger partial charge in [0.1, 0.15) is 28.5 Å². The Morgan fingerprint density at radius 1 is 1.14 bits per heavy atom. The van der Waals surface area contributed by atoms with Crippen molar-refractivity contribution in [2.75, 3.05) is 6.54 Å². The Hall–Kier alpha value is -2.60. The Morgan fingerprint density at radius 2 is 1.80 bits per heavy atom. The number of sulfonamides is 1. The first-order chi connectivity index (χ1) is 16.3. The summed E-state index contributed by atoms with van der Waals surface area (Å²) in [6, 6.07) is 9.26. The highest BCUT2D eigenvalue weighted by Crippen LogP contribution is 2.31. The van der Waals surface area contributed by atoms with Crippen molar-refractivity contribution in [3.8, 4) is 5.75 Å². The van der Waals surface area contributed by atoms with Crippen LogP contribution >= 0.6 is 15.9 Å². The van der Waals surface area contributed by atoms with Gasteiger partial charge in [-0.25, -0.2) is 21.9 Å². The lowest BCUT2D eigenvalue weighted by atomic mass is 10.0. The molecule has 11 heteroatoms. The largest absolute Gasteiger partial charge is 0.487 e. The molecule has 0 aliphatic heterocycles.